The van der Waals surface area contributed by atoms with Crippen LogP contribution in [0, 0.1) is 0 Å². The highest BCUT2D eigenvalue weighted by Gasteiger charge is 2.23. The summed E-state index contributed by atoms with van der Waals surface area (Å²) in [4.78, 5) is 4.61. The van der Waals surface area contributed by atoms with Gasteiger partial charge < -0.3 is 5.32 Å². The van der Waals surface area contributed by atoms with E-state index in [9.17, 15) is 0 Å². The Labute approximate surface area is 92.1 Å². The Morgan fingerprint density at radius 3 is 2.33 bits per heavy atom. The first-order chi connectivity index (χ1) is 6.90. The summed E-state index contributed by atoms with van der Waals surface area (Å²) in [5.74, 6) is 1.93. The van der Waals surface area contributed by atoms with Crippen molar-refractivity contribution in [2.45, 2.75) is 45.6 Å². The Kier molecular flexibility index (Phi) is 3.50. The molecule has 1 aromatic heterocycles. The zero-order chi connectivity index (χ0) is 11.6. The van der Waals surface area contributed by atoms with E-state index in [2.05, 4.69) is 43.1 Å². The molecular formula is C11H22N4. The third-order valence-corrected chi connectivity index (χ3v) is 2.54. The van der Waals surface area contributed by atoms with Crippen molar-refractivity contribution in [2.24, 2.45) is 7.05 Å². The van der Waals surface area contributed by atoms with E-state index in [4.69, 9.17) is 0 Å². The van der Waals surface area contributed by atoms with E-state index >= 15 is 0 Å². The number of nitrogens with one attached hydrogen (secondary N) is 1. The van der Waals surface area contributed by atoms with E-state index in [1.165, 1.54) is 0 Å². The van der Waals surface area contributed by atoms with Crippen LogP contribution in [0.1, 0.15) is 51.8 Å². The van der Waals surface area contributed by atoms with Gasteiger partial charge in [-0.2, -0.15) is 5.10 Å². The van der Waals surface area contributed by atoms with Gasteiger partial charge in [0, 0.05) is 12.5 Å². The van der Waals surface area contributed by atoms with Gasteiger partial charge in [-0.1, -0.05) is 27.7 Å². The first-order valence-corrected chi connectivity index (χ1v) is 5.48. The molecule has 4 nitrogen and oxygen atoms in total. The molecule has 15 heavy (non-hydrogen) atoms. The Bertz CT molecular complexity index is 318. The van der Waals surface area contributed by atoms with E-state index in [-0.39, 0.29) is 5.41 Å². The number of aromatic nitrogens is 3. The van der Waals surface area contributed by atoms with Crippen LogP contribution in [0.4, 0.5) is 0 Å². The standard InChI is InChI=1S/C11H22N4/c1-7-8(12-5)9-13-10(11(2,3)4)14-15(9)6/h8,12H,7H2,1-6H3. The lowest BCUT2D eigenvalue weighted by molar-refractivity contribution is 0.513. The van der Waals surface area contributed by atoms with Crippen LogP contribution in [0.25, 0.3) is 0 Å². The third-order valence-electron chi connectivity index (χ3n) is 2.54. The molecule has 0 aliphatic heterocycles. The minimum atomic E-state index is 0.0159. The van der Waals surface area contributed by atoms with Crippen LogP contribution in [0.15, 0.2) is 0 Å². The average Bonchev–Trinajstić information content (AvgIpc) is 2.50. The molecule has 0 bridgehead atoms. The Morgan fingerprint density at radius 1 is 1.40 bits per heavy atom. The van der Waals surface area contributed by atoms with E-state index in [1.54, 1.807) is 0 Å². The molecule has 1 N–H and O–H groups in total. The van der Waals surface area contributed by atoms with Crippen LogP contribution in [-0.2, 0) is 12.5 Å². The molecule has 4 heteroatoms. The van der Waals surface area contributed by atoms with Crippen molar-refractivity contribution in [1.29, 1.82) is 0 Å². The van der Waals surface area contributed by atoms with Gasteiger partial charge in [-0.3, -0.25) is 4.68 Å². The van der Waals surface area contributed by atoms with Crippen molar-refractivity contribution < 1.29 is 0 Å². The molecule has 0 aliphatic carbocycles. The Morgan fingerprint density at radius 2 is 2.00 bits per heavy atom. The van der Waals surface area contributed by atoms with E-state index in [1.807, 2.05) is 18.8 Å². The quantitative estimate of drug-likeness (QED) is 0.827. The minimum Gasteiger partial charge on any atom is -0.310 e. The largest absolute Gasteiger partial charge is 0.310 e. The van der Waals surface area contributed by atoms with Crippen molar-refractivity contribution >= 4 is 0 Å². The van der Waals surface area contributed by atoms with Crippen molar-refractivity contribution in [3.63, 3.8) is 0 Å². The van der Waals surface area contributed by atoms with E-state index < -0.39 is 0 Å². The van der Waals surface area contributed by atoms with Gasteiger partial charge in [-0.15, -0.1) is 0 Å². The number of aryl methyl sites for hydroxylation is 1. The highest BCUT2D eigenvalue weighted by atomic mass is 15.3. The molecule has 0 radical (unpaired) electrons. The normalized spacial score (nSPS) is 14.3. The van der Waals surface area contributed by atoms with E-state index in [0.29, 0.717) is 6.04 Å². The molecule has 0 saturated heterocycles. The summed E-state index contributed by atoms with van der Waals surface area (Å²) in [5, 5.41) is 7.71. The summed E-state index contributed by atoms with van der Waals surface area (Å²) < 4.78 is 1.88. The van der Waals surface area contributed by atoms with Gasteiger partial charge in [0.1, 0.15) is 5.82 Å². The monoisotopic (exact) mass is 210 g/mol. The second-order valence-corrected chi connectivity index (χ2v) is 4.92. The van der Waals surface area contributed by atoms with Crippen molar-refractivity contribution in [3.05, 3.63) is 11.6 Å². The predicted octanol–water partition coefficient (Wildman–Crippen LogP) is 1.78. The maximum atomic E-state index is 4.61. The number of rotatable bonds is 3. The van der Waals surface area contributed by atoms with Crippen molar-refractivity contribution in [3.8, 4) is 0 Å². The van der Waals surface area contributed by atoms with Gasteiger partial charge in [0.25, 0.3) is 0 Å². The van der Waals surface area contributed by atoms with Gasteiger partial charge in [-0.05, 0) is 13.5 Å². The van der Waals surface area contributed by atoms with E-state index in [0.717, 1.165) is 18.1 Å². The predicted molar refractivity (Wildman–Crippen MR) is 61.8 cm³/mol. The molecule has 1 aromatic rings. The molecule has 1 unspecified atom stereocenters. The summed E-state index contributed by atoms with van der Waals surface area (Å²) in [7, 11) is 3.91. The molecule has 1 rings (SSSR count). The van der Waals surface area contributed by atoms with Crippen LogP contribution < -0.4 is 5.32 Å². The zero-order valence-electron chi connectivity index (χ0n) is 10.6. The van der Waals surface area contributed by atoms with Crippen molar-refractivity contribution in [2.75, 3.05) is 7.05 Å². The fourth-order valence-corrected chi connectivity index (χ4v) is 1.53. The number of hydrogen-bond acceptors (Lipinski definition) is 3. The minimum absolute atomic E-state index is 0.0159. The van der Waals surface area contributed by atoms with Crippen LogP contribution >= 0.6 is 0 Å². The highest BCUT2D eigenvalue weighted by molar-refractivity contribution is 5.05. The first kappa shape index (κ1) is 12.2. The second kappa shape index (κ2) is 4.31. The fourth-order valence-electron chi connectivity index (χ4n) is 1.53. The topological polar surface area (TPSA) is 42.7 Å². The SMILES string of the molecule is CCC(NC)c1nc(C(C)(C)C)nn1C. The third kappa shape index (κ3) is 2.56. The van der Waals surface area contributed by atoms with Crippen LogP contribution in [0.3, 0.4) is 0 Å². The number of hydrogen-bond donors (Lipinski definition) is 1. The van der Waals surface area contributed by atoms with Gasteiger partial charge >= 0.3 is 0 Å². The second-order valence-electron chi connectivity index (χ2n) is 4.92. The van der Waals surface area contributed by atoms with Gasteiger partial charge in [0.05, 0.1) is 6.04 Å². The lowest BCUT2D eigenvalue weighted by Gasteiger charge is -2.13. The van der Waals surface area contributed by atoms with Gasteiger partial charge in [0.15, 0.2) is 5.82 Å². The highest BCUT2D eigenvalue weighted by Crippen LogP contribution is 2.21. The van der Waals surface area contributed by atoms with Gasteiger partial charge in [0.2, 0.25) is 0 Å². The van der Waals surface area contributed by atoms with Crippen LogP contribution in [0.2, 0.25) is 0 Å². The molecule has 0 aromatic carbocycles. The molecule has 86 valence electrons. The summed E-state index contributed by atoms with van der Waals surface area (Å²) in [6.07, 6.45) is 1.02. The molecule has 0 saturated carbocycles. The molecule has 0 aliphatic rings. The lowest BCUT2D eigenvalue weighted by Crippen LogP contribution is -2.19. The summed E-state index contributed by atoms with van der Waals surface area (Å²) in [6, 6.07) is 0.290. The molecule has 0 spiro atoms. The Balaban J connectivity index is 3.06. The van der Waals surface area contributed by atoms with Crippen LogP contribution in [-0.4, -0.2) is 21.8 Å². The van der Waals surface area contributed by atoms with Crippen molar-refractivity contribution in [1.82, 2.24) is 20.1 Å². The van der Waals surface area contributed by atoms with Gasteiger partial charge in [-0.25, -0.2) is 4.98 Å². The molecule has 1 atom stereocenters. The zero-order valence-corrected chi connectivity index (χ0v) is 10.6. The van der Waals surface area contributed by atoms with Crippen LogP contribution in [0.5, 0.6) is 0 Å². The first-order valence-electron chi connectivity index (χ1n) is 5.48. The summed E-state index contributed by atoms with van der Waals surface area (Å²) in [5.41, 5.74) is 0.0159. The molecule has 0 amide bonds. The summed E-state index contributed by atoms with van der Waals surface area (Å²) in [6.45, 7) is 8.54. The molecule has 0 fully saturated rings. The summed E-state index contributed by atoms with van der Waals surface area (Å²) >= 11 is 0. The lowest BCUT2D eigenvalue weighted by atomic mass is 9.96. The Hall–Kier alpha value is -0.900. The number of nitrogens with zero attached hydrogens (tertiary/aromatic N) is 3. The molecule has 1 heterocycles. The molecular weight excluding hydrogens is 188 g/mol. The maximum absolute atomic E-state index is 4.61. The maximum Gasteiger partial charge on any atom is 0.156 e. The average molecular weight is 210 g/mol. The fraction of sp³-hybridized carbons (Fsp3) is 0.818. The smallest absolute Gasteiger partial charge is 0.156 e.